The van der Waals surface area contributed by atoms with Gasteiger partial charge in [0.25, 0.3) is 11.8 Å². The molecular formula is C28H27N5O4S. The Kier molecular flexibility index (Phi) is 7.73. The van der Waals surface area contributed by atoms with Crippen LogP contribution in [0.1, 0.15) is 48.5 Å². The third-order valence-electron chi connectivity index (χ3n) is 6.02. The maximum atomic E-state index is 14.2. The number of anilines is 2. The van der Waals surface area contributed by atoms with Gasteiger partial charge in [-0.1, -0.05) is 54.6 Å². The topological polar surface area (TPSA) is 152 Å². The predicted molar refractivity (Wildman–Crippen MR) is 147 cm³/mol. The van der Waals surface area contributed by atoms with Crippen LogP contribution in [0.25, 0.3) is 0 Å². The number of hydrogen-bond acceptors (Lipinski definition) is 7. The normalized spacial score (nSPS) is 11.5. The van der Waals surface area contributed by atoms with Crippen molar-refractivity contribution in [3.63, 3.8) is 0 Å². The smallest absolute Gasteiger partial charge is 0.273 e. The quantitative estimate of drug-likeness (QED) is 0.272. The van der Waals surface area contributed by atoms with E-state index < -0.39 is 23.8 Å². The number of nitrogens with zero attached hydrogens (tertiary/aromatic N) is 2. The van der Waals surface area contributed by atoms with Gasteiger partial charge in [0, 0.05) is 12.2 Å². The zero-order valence-electron chi connectivity index (χ0n) is 20.8. The van der Waals surface area contributed by atoms with Crippen LogP contribution < -0.4 is 21.7 Å². The number of carbonyl (C=O) groups is 3. The van der Waals surface area contributed by atoms with Gasteiger partial charge in [-0.05, 0) is 65.8 Å². The van der Waals surface area contributed by atoms with E-state index in [0.717, 1.165) is 28.2 Å². The highest BCUT2D eigenvalue weighted by molar-refractivity contribution is 7.09. The third kappa shape index (κ3) is 5.50. The van der Waals surface area contributed by atoms with Crippen LogP contribution in [0.3, 0.4) is 0 Å². The summed E-state index contributed by atoms with van der Waals surface area (Å²) in [4.78, 5) is 41.1. The molecular weight excluding hydrogens is 502 g/mol. The number of carbonyl (C=O) groups excluding carboxylic acids is 3. The number of benzene rings is 3. The second kappa shape index (κ2) is 11.1. The Morgan fingerprint density at radius 3 is 2.34 bits per heavy atom. The minimum atomic E-state index is -1.15. The molecule has 3 aromatic carbocycles. The molecule has 0 fully saturated rings. The largest absolute Gasteiger partial charge is 0.508 e. The average Bonchev–Trinajstić information content (AvgIpc) is 3.30. The van der Waals surface area contributed by atoms with E-state index in [4.69, 9.17) is 11.5 Å². The molecule has 1 unspecified atom stereocenters. The van der Waals surface area contributed by atoms with Gasteiger partial charge in [0.1, 0.15) is 16.7 Å². The first-order valence-electron chi connectivity index (χ1n) is 11.7. The summed E-state index contributed by atoms with van der Waals surface area (Å²) in [5.74, 6) is -1.91. The Bertz CT molecular complexity index is 1490. The van der Waals surface area contributed by atoms with Crippen LogP contribution in [0.4, 0.5) is 11.4 Å². The maximum absolute atomic E-state index is 14.2. The van der Waals surface area contributed by atoms with Crippen molar-refractivity contribution in [2.45, 2.75) is 26.4 Å². The van der Waals surface area contributed by atoms with Crippen molar-refractivity contribution in [1.29, 1.82) is 0 Å². The highest BCUT2D eigenvalue weighted by atomic mass is 32.1. The number of hydrogen-bond donors (Lipinski definition) is 4. The number of aromatic hydroxyl groups is 1. The highest BCUT2D eigenvalue weighted by Gasteiger charge is 2.36. The first-order chi connectivity index (χ1) is 18.2. The first kappa shape index (κ1) is 26.4. The number of primary amides is 1. The first-order valence-corrected chi connectivity index (χ1v) is 12.5. The Morgan fingerprint density at radius 1 is 1.03 bits per heavy atom. The van der Waals surface area contributed by atoms with Gasteiger partial charge in [-0.25, -0.2) is 0 Å². The molecule has 0 aliphatic carbocycles. The summed E-state index contributed by atoms with van der Waals surface area (Å²) in [7, 11) is 0. The van der Waals surface area contributed by atoms with Gasteiger partial charge in [0.15, 0.2) is 5.69 Å². The molecule has 9 nitrogen and oxygen atoms in total. The Labute approximate surface area is 223 Å². The molecule has 0 saturated heterocycles. The molecule has 0 spiro atoms. The van der Waals surface area contributed by atoms with Crippen molar-refractivity contribution in [2.24, 2.45) is 5.73 Å². The zero-order valence-corrected chi connectivity index (χ0v) is 21.7. The second-order valence-electron chi connectivity index (χ2n) is 8.80. The van der Waals surface area contributed by atoms with E-state index in [0.29, 0.717) is 11.3 Å². The second-order valence-corrected chi connectivity index (χ2v) is 9.57. The lowest BCUT2D eigenvalue weighted by atomic mass is 10.00. The number of aryl methyl sites for hydroxylation is 2. The molecule has 6 N–H and O–H groups in total. The minimum absolute atomic E-state index is 0.0135. The van der Waals surface area contributed by atoms with E-state index in [-0.39, 0.29) is 28.6 Å². The fraction of sp³-hybridized carbons (Fsp3) is 0.143. The molecule has 0 saturated carbocycles. The molecule has 10 heteroatoms. The Balaban J connectivity index is 1.87. The number of amides is 3. The lowest BCUT2D eigenvalue weighted by Crippen LogP contribution is -2.44. The van der Waals surface area contributed by atoms with Crippen LogP contribution in [0.5, 0.6) is 5.75 Å². The average molecular weight is 530 g/mol. The SMILES string of the molecule is Cc1ccc(C)c(N(C(=O)c2snc(C(N)=O)c2N)C(C(=O)NCc2ccccc2)c2ccc(O)cc2)c1. The van der Waals surface area contributed by atoms with Gasteiger partial charge < -0.3 is 21.9 Å². The standard InChI is InChI=1S/C28H27N5O4S/c1-16-8-9-17(2)21(14-16)33(28(37)25-22(29)23(26(30)35)32-38-25)24(19-10-12-20(34)13-11-19)27(36)31-15-18-6-4-3-5-7-18/h3-14,24,34H,15,29H2,1-2H3,(H2,30,35)(H,31,36). The zero-order chi connectivity index (χ0) is 27.4. The van der Waals surface area contributed by atoms with E-state index in [9.17, 15) is 19.5 Å². The minimum Gasteiger partial charge on any atom is -0.508 e. The highest BCUT2D eigenvalue weighted by Crippen LogP contribution is 2.35. The lowest BCUT2D eigenvalue weighted by molar-refractivity contribution is -0.122. The third-order valence-corrected chi connectivity index (χ3v) is 6.87. The molecule has 1 aromatic heterocycles. The summed E-state index contributed by atoms with van der Waals surface area (Å²) in [6.07, 6.45) is 0. The van der Waals surface area contributed by atoms with Crippen LogP contribution in [-0.2, 0) is 11.3 Å². The van der Waals surface area contributed by atoms with E-state index in [1.165, 1.54) is 17.0 Å². The van der Waals surface area contributed by atoms with Gasteiger partial charge in [-0.15, -0.1) is 0 Å². The van der Waals surface area contributed by atoms with Crippen molar-refractivity contribution < 1.29 is 19.5 Å². The summed E-state index contributed by atoms with van der Waals surface area (Å²) in [6.45, 7) is 3.94. The van der Waals surface area contributed by atoms with Gasteiger partial charge in [-0.3, -0.25) is 19.3 Å². The molecule has 38 heavy (non-hydrogen) atoms. The van der Waals surface area contributed by atoms with E-state index in [2.05, 4.69) is 9.69 Å². The molecule has 3 amide bonds. The number of rotatable bonds is 8. The van der Waals surface area contributed by atoms with E-state index >= 15 is 0 Å². The summed E-state index contributed by atoms with van der Waals surface area (Å²) >= 11 is 0.744. The molecule has 1 heterocycles. The van der Waals surface area contributed by atoms with Crippen LogP contribution in [0, 0.1) is 13.8 Å². The molecule has 0 aliphatic heterocycles. The van der Waals surface area contributed by atoms with Crippen molar-refractivity contribution in [3.8, 4) is 5.75 Å². The molecule has 4 rings (SSSR count). The molecule has 4 aromatic rings. The Morgan fingerprint density at radius 2 is 1.71 bits per heavy atom. The molecule has 0 aliphatic rings. The van der Waals surface area contributed by atoms with Crippen molar-refractivity contribution in [1.82, 2.24) is 9.69 Å². The summed E-state index contributed by atoms with van der Waals surface area (Å²) in [5, 5.41) is 12.8. The van der Waals surface area contributed by atoms with E-state index in [1.54, 1.807) is 18.2 Å². The number of nitrogens with two attached hydrogens (primary N) is 2. The van der Waals surface area contributed by atoms with Gasteiger partial charge in [-0.2, -0.15) is 4.37 Å². The predicted octanol–water partition coefficient (Wildman–Crippen LogP) is 3.85. The van der Waals surface area contributed by atoms with Crippen molar-refractivity contribution in [2.75, 3.05) is 10.6 Å². The molecule has 0 radical (unpaired) electrons. The fourth-order valence-corrected chi connectivity index (χ4v) is 4.78. The lowest BCUT2D eigenvalue weighted by Gasteiger charge is -2.32. The fourth-order valence-electron chi connectivity index (χ4n) is 4.04. The molecule has 0 bridgehead atoms. The van der Waals surface area contributed by atoms with Crippen LogP contribution >= 0.6 is 11.5 Å². The van der Waals surface area contributed by atoms with Crippen LogP contribution in [0.2, 0.25) is 0 Å². The van der Waals surface area contributed by atoms with Crippen LogP contribution in [0.15, 0.2) is 72.8 Å². The number of phenolic OH excluding ortho intramolecular Hbond substituents is 1. The number of phenols is 1. The van der Waals surface area contributed by atoms with Crippen LogP contribution in [-0.4, -0.2) is 27.2 Å². The number of nitrogen functional groups attached to an aromatic ring is 1. The molecule has 194 valence electrons. The molecule has 1 atom stereocenters. The monoisotopic (exact) mass is 529 g/mol. The van der Waals surface area contributed by atoms with Gasteiger partial charge in [0.05, 0.1) is 5.69 Å². The van der Waals surface area contributed by atoms with Crippen molar-refractivity contribution in [3.05, 3.63) is 106 Å². The number of aromatic nitrogens is 1. The van der Waals surface area contributed by atoms with E-state index in [1.807, 2.05) is 56.3 Å². The Hall–Kier alpha value is -4.70. The van der Waals surface area contributed by atoms with Gasteiger partial charge in [0.2, 0.25) is 5.91 Å². The summed E-state index contributed by atoms with van der Waals surface area (Å²) in [6, 6.07) is 19.9. The summed E-state index contributed by atoms with van der Waals surface area (Å²) < 4.78 is 3.98. The maximum Gasteiger partial charge on any atom is 0.273 e. The summed E-state index contributed by atoms with van der Waals surface area (Å²) in [5.41, 5.74) is 14.6. The number of nitrogens with one attached hydrogen (secondary N) is 1. The van der Waals surface area contributed by atoms with Crippen molar-refractivity contribution >= 4 is 40.6 Å². The van der Waals surface area contributed by atoms with Gasteiger partial charge >= 0.3 is 0 Å².